The van der Waals surface area contributed by atoms with Crippen molar-refractivity contribution in [3.05, 3.63) is 57.5 Å². The molecule has 2 aromatic rings. The van der Waals surface area contributed by atoms with E-state index in [1.54, 1.807) is 26.0 Å². The third-order valence-corrected chi connectivity index (χ3v) is 3.61. The van der Waals surface area contributed by atoms with E-state index in [0.717, 1.165) is 0 Å². The van der Waals surface area contributed by atoms with E-state index in [0.29, 0.717) is 5.56 Å². The zero-order valence-corrected chi connectivity index (χ0v) is 14.6. The summed E-state index contributed by atoms with van der Waals surface area (Å²) in [4.78, 5) is 29.2. The number of nitrogens with two attached hydrogens (primary N) is 1. The molecule has 0 saturated carbocycles. The van der Waals surface area contributed by atoms with Crippen LogP contribution in [-0.2, 0) is 19.1 Å². The molecule has 0 aliphatic heterocycles. The van der Waals surface area contributed by atoms with Gasteiger partial charge in [0.2, 0.25) is 5.75 Å². The topological polar surface area (TPSA) is 99.2 Å². The lowest BCUT2D eigenvalue weighted by Gasteiger charge is -2.22. The van der Waals surface area contributed by atoms with Crippen molar-refractivity contribution in [1.82, 2.24) is 14.9 Å². The Balaban J connectivity index is 2.36. The van der Waals surface area contributed by atoms with Gasteiger partial charge in [0.25, 0.3) is 11.5 Å². The molecule has 0 aliphatic rings. The van der Waals surface area contributed by atoms with Crippen molar-refractivity contribution in [1.29, 1.82) is 0 Å². The monoisotopic (exact) mass is 348 g/mol. The molecule has 0 unspecified atom stereocenters. The number of benzene rings is 1. The number of carbonyl (C=O) groups excluding carboxylic acids is 1. The zero-order chi connectivity index (χ0) is 18.8. The molecular formula is C17H21FN4O3. The highest BCUT2D eigenvalue weighted by atomic mass is 19.1. The first-order valence-electron chi connectivity index (χ1n) is 7.62. The quantitative estimate of drug-likeness (QED) is 0.841. The van der Waals surface area contributed by atoms with Crippen molar-refractivity contribution in [2.45, 2.75) is 25.9 Å². The standard InChI is InChI=1S/C17H21FN4O3/c1-17(2,19)16-21-12(13(25-4)15(24)22(16)3)14(23)20-9-10-5-7-11(18)8-6-10/h5-8H,9,19H2,1-4H3,(H,20,23). The third-order valence-electron chi connectivity index (χ3n) is 3.61. The third kappa shape index (κ3) is 4.03. The molecule has 7 nitrogen and oxygen atoms in total. The van der Waals surface area contributed by atoms with E-state index in [2.05, 4.69) is 10.3 Å². The van der Waals surface area contributed by atoms with Crippen LogP contribution in [0.2, 0.25) is 0 Å². The molecular weight excluding hydrogens is 327 g/mol. The lowest BCUT2D eigenvalue weighted by atomic mass is 10.1. The average molecular weight is 348 g/mol. The van der Waals surface area contributed by atoms with Crippen LogP contribution in [0.3, 0.4) is 0 Å². The smallest absolute Gasteiger partial charge is 0.296 e. The second-order valence-electron chi connectivity index (χ2n) is 6.21. The van der Waals surface area contributed by atoms with Gasteiger partial charge >= 0.3 is 0 Å². The van der Waals surface area contributed by atoms with Crippen molar-refractivity contribution < 1.29 is 13.9 Å². The SMILES string of the molecule is COc1c(C(=O)NCc2ccc(F)cc2)nc(C(C)(C)N)n(C)c1=O. The van der Waals surface area contributed by atoms with Crippen LogP contribution < -0.4 is 21.3 Å². The summed E-state index contributed by atoms with van der Waals surface area (Å²) in [5.74, 6) is -0.846. The summed E-state index contributed by atoms with van der Waals surface area (Å²) in [5.41, 5.74) is 5.18. The Hall–Kier alpha value is -2.74. The van der Waals surface area contributed by atoms with Gasteiger partial charge in [-0.25, -0.2) is 9.37 Å². The maximum atomic E-state index is 12.9. The van der Waals surface area contributed by atoms with Crippen molar-refractivity contribution in [3.8, 4) is 5.75 Å². The summed E-state index contributed by atoms with van der Waals surface area (Å²) < 4.78 is 19.3. The van der Waals surface area contributed by atoms with Gasteiger partial charge in [-0.15, -0.1) is 0 Å². The van der Waals surface area contributed by atoms with E-state index in [4.69, 9.17) is 10.5 Å². The number of hydrogen-bond donors (Lipinski definition) is 2. The zero-order valence-electron chi connectivity index (χ0n) is 14.6. The van der Waals surface area contributed by atoms with Gasteiger partial charge < -0.3 is 15.8 Å². The number of methoxy groups -OCH3 is 1. The number of nitrogens with zero attached hydrogens (tertiary/aromatic N) is 2. The Kier molecular flexibility index (Phi) is 5.22. The van der Waals surface area contributed by atoms with Gasteiger partial charge in [0.15, 0.2) is 5.69 Å². The van der Waals surface area contributed by atoms with E-state index in [-0.39, 0.29) is 29.6 Å². The lowest BCUT2D eigenvalue weighted by molar-refractivity contribution is 0.0941. The molecule has 2 rings (SSSR count). The Morgan fingerprint density at radius 1 is 1.36 bits per heavy atom. The highest BCUT2D eigenvalue weighted by Gasteiger charge is 2.27. The number of aromatic nitrogens is 2. The Labute approximate surface area is 144 Å². The van der Waals surface area contributed by atoms with E-state index in [1.807, 2.05) is 0 Å². The van der Waals surface area contributed by atoms with Crippen LogP contribution in [0.25, 0.3) is 0 Å². The van der Waals surface area contributed by atoms with E-state index < -0.39 is 17.0 Å². The second-order valence-corrected chi connectivity index (χ2v) is 6.21. The maximum absolute atomic E-state index is 12.9. The molecule has 0 bridgehead atoms. The molecule has 0 fully saturated rings. The second kappa shape index (κ2) is 7.02. The summed E-state index contributed by atoms with van der Waals surface area (Å²) in [6, 6.07) is 5.71. The molecule has 0 atom stereocenters. The Bertz CT molecular complexity index is 839. The molecule has 3 N–H and O–H groups in total. The van der Waals surface area contributed by atoms with Gasteiger partial charge in [0.05, 0.1) is 12.6 Å². The Morgan fingerprint density at radius 3 is 2.48 bits per heavy atom. The van der Waals surface area contributed by atoms with Crippen molar-refractivity contribution in [2.75, 3.05) is 7.11 Å². The molecule has 0 radical (unpaired) electrons. The first-order chi connectivity index (χ1) is 11.6. The molecule has 0 aliphatic carbocycles. The number of rotatable bonds is 5. The lowest BCUT2D eigenvalue weighted by Crippen LogP contribution is -2.40. The summed E-state index contributed by atoms with van der Waals surface area (Å²) in [6.07, 6.45) is 0. The van der Waals surface area contributed by atoms with Crippen LogP contribution >= 0.6 is 0 Å². The van der Waals surface area contributed by atoms with Crippen molar-refractivity contribution in [3.63, 3.8) is 0 Å². The number of amides is 1. The first kappa shape index (κ1) is 18.6. The van der Waals surface area contributed by atoms with Crippen LogP contribution in [0.5, 0.6) is 5.75 Å². The molecule has 8 heteroatoms. The van der Waals surface area contributed by atoms with E-state index >= 15 is 0 Å². The molecule has 0 spiro atoms. The maximum Gasteiger partial charge on any atom is 0.296 e. The summed E-state index contributed by atoms with van der Waals surface area (Å²) in [5, 5.41) is 2.64. The fraction of sp³-hybridized carbons (Fsp3) is 0.353. The van der Waals surface area contributed by atoms with Gasteiger partial charge in [0, 0.05) is 13.6 Å². The Morgan fingerprint density at radius 2 is 1.96 bits per heavy atom. The van der Waals surface area contributed by atoms with Gasteiger partial charge in [0.1, 0.15) is 11.6 Å². The van der Waals surface area contributed by atoms with Crippen LogP contribution in [-0.4, -0.2) is 22.6 Å². The molecule has 1 amide bonds. The predicted molar refractivity (Wildman–Crippen MR) is 90.8 cm³/mol. The minimum absolute atomic E-state index is 0.138. The number of carbonyl (C=O) groups is 1. The van der Waals surface area contributed by atoms with Gasteiger partial charge in [-0.1, -0.05) is 12.1 Å². The number of hydrogen-bond acceptors (Lipinski definition) is 5. The van der Waals surface area contributed by atoms with Crippen molar-refractivity contribution in [2.24, 2.45) is 12.8 Å². The molecule has 1 heterocycles. The molecule has 1 aromatic carbocycles. The number of nitrogens with one attached hydrogen (secondary N) is 1. The fourth-order valence-electron chi connectivity index (χ4n) is 2.36. The largest absolute Gasteiger partial charge is 0.489 e. The summed E-state index contributed by atoms with van der Waals surface area (Å²) in [7, 11) is 2.81. The van der Waals surface area contributed by atoms with Gasteiger partial charge in [-0.05, 0) is 31.5 Å². The predicted octanol–water partition coefficient (Wildman–Crippen LogP) is 1.05. The number of halogens is 1. The van der Waals surface area contributed by atoms with Crippen molar-refractivity contribution >= 4 is 5.91 Å². The molecule has 0 saturated heterocycles. The van der Waals surface area contributed by atoms with Crippen LogP contribution in [0.1, 0.15) is 35.7 Å². The van der Waals surface area contributed by atoms with E-state index in [1.165, 1.54) is 30.9 Å². The van der Waals surface area contributed by atoms with Crippen LogP contribution in [0.4, 0.5) is 4.39 Å². The van der Waals surface area contributed by atoms with E-state index in [9.17, 15) is 14.0 Å². The van der Waals surface area contributed by atoms with Crippen LogP contribution in [0, 0.1) is 5.82 Å². The molecule has 134 valence electrons. The van der Waals surface area contributed by atoms with Gasteiger partial charge in [-0.2, -0.15) is 0 Å². The molecule has 1 aromatic heterocycles. The fourth-order valence-corrected chi connectivity index (χ4v) is 2.36. The summed E-state index contributed by atoms with van der Waals surface area (Å²) >= 11 is 0. The van der Waals surface area contributed by atoms with Gasteiger partial charge in [-0.3, -0.25) is 14.2 Å². The highest BCUT2D eigenvalue weighted by molar-refractivity contribution is 5.94. The summed E-state index contributed by atoms with van der Waals surface area (Å²) in [6.45, 7) is 3.52. The minimum atomic E-state index is -0.924. The average Bonchev–Trinajstić information content (AvgIpc) is 2.55. The molecule has 25 heavy (non-hydrogen) atoms. The first-order valence-corrected chi connectivity index (χ1v) is 7.62. The van der Waals surface area contributed by atoms with Crippen LogP contribution in [0.15, 0.2) is 29.1 Å². The number of ether oxygens (including phenoxy) is 1. The minimum Gasteiger partial charge on any atom is -0.489 e. The highest BCUT2D eigenvalue weighted by Crippen LogP contribution is 2.18. The normalized spacial score (nSPS) is 11.3.